The van der Waals surface area contributed by atoms with Crippen LogP contribution < -0.4 is 0 Å². The van der Waals surface area contributed by atoms with Gasteiger partial charge in [-0.15, -0.1) is 0 Å². The third-order valence-corrected chi connectivity index (χ3v) is 6.45. The Bertz CT molecular complexity index is 1890. The molecule has 0 saturated carbocycles. The predicted molar refractivity (Wildman–Crippen MR) is 136 cm³/mol. The van der Waals surface area contributed by atoms with Gasteiger partial charge in [-0.3, -0.25) is 0 Å². The van der Waals surface area contributed by atoms with E-state index in [9.17, 15) is 0 Å². The van der Waals surface area contributed by atoms with Gasteiger partial charge in [0, 0.05) is 32.4 Å². The van der Waals surface area contributed by atoms with Crippen molar-refractivity contribution in [3.05, 3.63) is 109 Å². The summed E-state index contributed by atoms with van der Waals surface area (Å²) in [4.78, 5) is 3.73. The van der Waals surface area contributed by atoms with Gasteiger partial charge in [0.15, 0.2) is 0 Å². The van der Waals surface area contributed by atoms with E-state index in [1.807, 2.05) is 12.1 Å². The van der Waals surface area contributed by atoms with Crippen molar-refractivity contribution in [3.63, 3.8) is 0 Å². The number of benzene rings is 5. The first-order chi connectivity index (χ1) is 15.9. The summed E-state index contributed by atoms with van der Waals surface area (Å²) in [6.07, 6.45) is 0. The van der Waals surface area contributed by atoms with Crippen LogP contribution in [-0.4, -0.2) is 4.98 Å². The fraction of sp³-hybridized carbons (Fsp3) is 0. The molecule has 32 heavy (non-hydrogen) atoms. The second-order valence-corrected chi connectivity index (χ2v) is 8.22. The molecule has 2 heterocycles. The van der Waals surface area contributed by atoms with E-state index >= 15 is 0 Å². The zero-order valence-corrected chi connectivity index (χ0v) is 17.3. The van der Waals surface area contributed by atoms with Gasteiger partial charge in [0.05, 0.1) is 5.52 Å². The maximum atomic E-state index is 6.54. The van der Waals surface area contributed by atoms with E-state index < -0.39 is 0 Å². The first kappa shape index (κ1) is 17.4. The minimum Gasteiger partial charge on any atom is -0.456 e. The smallest absolute Gasteiger partial charge is 0.135 e. The number of aromatic nitrogens is 1. The Morgan fingerprint density at radius 2 is 0.906 bits per heavy atom. The van der Waals surface area contributed by atoms with Crippen LogP contribution in [0, 0.1) is 0 Å². The lowest BCUT2D eigenvalue weighted by atomic mass is 9.99. The number of hydrogen-bond donors (Lipinski definition) is 1. The van der Waals surface area contributed by atoms with E-state index in [0.717, 1.165) is 33.0 Å². The molecule has 0 amide bonds. The van der Waals surface area contributed by atoms with Gasteiger partial charge in [0.1, 0.15) is 11.2 Å². The first-order valence-corrected chi connectivity index (χ1v) is 10.9. The zero-order chi connectivity index (χ0) is 21.1. The van der Waals surface area contributed by atoms with Crippen molar-refractivity contribution in [2.24, 2.45) is 0 Å². The Hall–Kier alpha value is -4.30. The number of nitrogens with one attached hydrogen (secondary N) is 1. The Labute approximate surface area is 184 Å². The molecular weight excluding hydrogens is 390 g/mol. The van der Waals surface area contributed by atoms with Gasteiger partial charge >= 0.3 is 0 Å². The Balaban J connectivity index is 1.93. The van der Waals surface area contributed by atoms with Crippen LogP contribution in [0.3, 0.4) is 0 Å². The minimum atomic E-state index is 0.865. The lowest BCUT2D eigenvalue weighted by molar-refractivity contribution is 0.663. The van der Waals surface area contributed by atoms with Crippen LogP contribution in [-0.2, 0) is 0 Å². The summed E-state index contributed by atoms with van der Waals surface area (Å²) < 4.78 is 6.54. The average molecular weight is 409 g/mol. The highest BCUT2D eigenvalue weighted by Gasteiger charge is 2.12. The summed E-state index contributed by atoms with van der Waals surface area (Å²) in [5.41, 5.74) is 4.04. The molecule has 0 bridgehead atoms. The number of rotatable bonds is 0. The van der Waals surface area contributed by atoms with Crippen molar-refractivity contribution in [3.8, 4) is 0 Å². The quantitative estimate of drug-likeness (QED) is 0.267. The summed E-state index contributed by atoms with van der Waals surface area (Å²) in [6, 6.07) is 38.3. The van der Waals surface area contributed by atoms with Crippen molar-refractivity contribution >= 4 is 65.3 Å². The fourth-order valence-electron chi connectivity index (χ4n) is 5.03. The maximum Gasteiger partial charge on any atom is 0.135 e. The number of para-hydroxylation sites is 3. The molecule has 2 aromatic heterocycles. The van der Waals surface area contributed by atoms with Crippen molar-refractivity contribution in [1.82, 2.24) is 4.98 Å². The summed E-state index contributed by atoms with van der Waals surface area (Å²) >= 11 is 0. The molecule has 2 heteroatoms. The highest BCUT2D eigenvalue weighted by molar-refractivity contribution is 6.28. The van der Waals surface area contributed by atoms with E-state index in [1.54, 1.807) is 0 Å². The van der Waals surface area contributed by atoms with E-state index in [0.29, 0.717) is 0 Å². The third kappa shape index (κ3) is 2.41. The number of hydrogen-bond acceptors (Lipinski definition) is 1. The van der Waals surface area contributed by atoms with Crippen LogP contribution in [0.2, 0.25) is 0 Å². The molecule has 0 radical (unpaired) electrons. The molecule has 0 aliphatic rings. The van der Waals surface area contributed by atoms with E-state index in [4.69, 9.17) is 4.42 Å². The molecule has 1 N–H and O–H groups in total. The van der Waals surface area contributed by atoms with E-state index in [-0.39, 0.29) is 0 Å². The summed E-state index contributed by atoms with van der Waals surface area (Å²) in [5, 5.41) is 9.42. The van der Waals surface area contributed by atoms with Gasteiger partial charge in [-0.05, 0) is 34.4 Å². The normalized spacial score (nSPS) is 11.8. The van der Waals surface area contributed by atoms with Gasteiger partial charge in [0.2, 0.25) is 0 Å². The highest BCUT2D eigenvalue weighted by atomic mass is 16.3. The van der Waals surface area contributed by atoms with Crippen molar-refractivity contribution in [1.29, 1.82) is 0 Å². The monoisotopic (exact) mass is 409 g/mol. The van der Waals surface area contributed by atoms with Crippen LogP contribution >= 0.6 is 0 Å². The van der Waals surface area contributed by atoms with Gasteiger partial charge in [0.25, 0.3) is 0 Å². The van der Waals surface area contributed by atoms with Crippen LogP contribution in [0.4, 0.5) is 0 Å². The number of H-pyrrole nitrogens is 1. The standard InChI is InChI=1S/C30H19NO/c1-2-13-23-19(9-1)21-11-4-7-15-27(21)32-28-16-8-5-12-22(28)24-17-18-25-20-10-3-6-14-26(20)31-30(25)29(23)24/h1-18,31H. The molecule has 5 aromatic carbocycles. The molecule has 7 rings (SSSR count). The fourth-order valence-corrected chi connectivity index (χ4v) is 5.03. The molecular formula is C30H19NO. The van der Waals surface area contributed by atoms with Crippen molar-refractivity contribution < 1.29 is 4.42 Å². The van der Waals surface area contributed by atoms with Gasteiger partial charge in [-0.2, -0.15) is 0 Å². The molecule has 0 fully saturated rings. The second-order valence-electron chi connectivity index (χ2n) is 8.22. The van der Waals surface area contributed by atoms with Crippen LogP contribution in [0.1, 0.15) is 0 Å². The second kappa shape index (κ2) is 6.60. The summed E-state index contributed by atoms with van der Waals surface area (Å²) in [6.45, 7) is 0. The molecule has 0 unspecified atom stereocenters. The summed E-state index contributed by atoms with van der Waals surface area (Å²) in [5.74, 6) is 0. The highest BCUT2D eigenvalue weighted by Crippen LogP contribution is 2.38. The molecule has 0 aliphatic carbocycles. The van der Waals surface area contributed by atoms with Gasteiger partial charge in [-0.1, -0.05) is 91.0 Å². The molecule has 2 nitrogen and oxygen atoms in total. The van der Waals surface area contributed by atoms with Crippen LogP contribution in [0.5, 0.6) is 0 Å². The lowest BCUT2D eigenvalue weighted by Gasteiger charge is -2.04. The molecule has 7 aromatic rings. The van der Waals surface area contributed by atoms with Gasteiger partial charge < -0.3 is 9.40 Å². The summed E-state index contributed by atoms with van der Waals surface area (Å²) in [7, 11) is 0. The zero-order valence-electron chi connectivity index (χ0n) is 17.3. The Morgan fingerprint density at radius 1 is 0.406 bits per heavy atom. The van der Waals surface area contributed by atoms with E-state index in [2.05, 4.69) is 102 Å². The number of fused-ring (bicyclic) bond motifs is 11. The first-order valence-electron chi connectivity index (χ1n) is 10.9. The Kier molecular flexibility index (Phi) is 3.58. The topological polar surface area (TPSA) is 28.9 Å². The molecule has 0 atom stereocenters. The lowest BCUT2D eigenvalue weighted by Crippen LogP contribution is -1.79. The SMILES string of the molecule is c1ccc2c(c1)[nH]c1c2ccc2c3ccccc3oc3ccccc3c3ccccc3c21. The molecule has 0 saturated heterocycles. The number of aromatic amines is 1. The predicted octanol–water partition coefficient (Wildman–Crippen LogP) is 8.65. The third-order valence-electron chi connectivity index (χ3n) is 6.45. The average Bonchev–Trinajstić information content (AvgIpc) is 3.24. The van der Waals surface area contributed by atoms with E-state index in [1.165, 1.54) is 32.3 Å². The Morgan fingerprint density at radius 3 is 1.66 bits per heavy atom. The van der Waals surface area contributed by atoms with Gasteiger partial charge in [-0.25, -0.2) is 0 Å². The molecule has 150 valence electrons. The van der Waals surface area contributed by atoms with Crippen LogP contribution in [0.15, 0.2) is 114 Å². The van der Waals surface area contributed by atoms with Crippen molar-refractivity contribution in [2.45, 2.75) is 0 Å². The minimum absolute atomic E-state index is 0.865. The largest absolute Gasteiger partial charge is 0.456 e. The molecule has 0 aliphatic heterocycles. The van der Waals surface area contributed by atoms with Crippen molar-refractivity contribution in [2.75, 3.05) is 0 Å². The van der Waals surface area contributed by atoms with Crippen LogP contribution in [0.25, 0.3) is 65.3 Å². The molecule has 0 spiro atoms. The maximum absolute atomic E-state index is 6.54.